The third-order valence-electron chi connectivity index (χ3n) is 3.85. The van der Waals surface area contributed by atoms with Gasteiger partial charge >= 0.3 is 5.97 Å². The number of rotatable bonds is 4. The van der Waals surface area contributed by atoms with Gasteiger partial charge in [0.2, 0.25) is 0 Å². The van der Waals surface area contributed by atoms with Crippen molar-refractivity contribution in [2.24, 2.45) is 11.8 Å². The van der Waals surface area contributed by atoms with Gasteiger partial charge in [0.05, 0.1) is 12.5 Å². The maximum Gasteiger partial charge on any atom is 0.306 e. The Kier molecular flexibility index (Phi) is 5.64. The van der Waals surface area contributed by atoms with E-state index in [0.29, 0.717) is 6.54 Å². The summed E-state index contributed by atoms with van der Waals surface area (Å²) < 4.78 is 0. The van der Waals surface area contributed by atoms with E-state index in [1.54, 1.807) is 0 Å². The fraction of sp³-hybridized carbons (Fsp3) is 0.471. The number of aliphatic carboxylic acids is 1. The van der Waals surface area contributed by atoms with Crippen LogP contribution in [0.2, 0.25) is 0 Å². The molecule has 106 valence electrons. The second-order valence-electron chi connectivity index (χ2n) is 5.29. The average molecular weight is 271 g/mol. The highest BCUT2D eigenvalue weighted by molar-refractivity contribution is 5.70. The molecule has 0 spiro atoms. The van der Waals surface area contributed by atoms with Crippen LogP contribution in [0, 0.1) is 23.7 Å². The van der Waals surface area contributed by atoms with Crippen molar-refractivity contribution in [3.8, 4) is 11.8 Å². The van der Waals surface area contributed by atoms with Crippen molar-refractivity contribution in [3.63, 3.8) is 0 Å². The molecule has 2 N–H and O–H groups in total. The van der Waals surface area contributed by atoms with Gasteiger partial charge in [-0.1, -0.05) is 42.9 Å². The molecule has 0 amide bonds. The summed E-state index contributed by atoms with van der Waals surface area (Å²) in [6.45, 7) is 1.36. The predicted molar refractivity (Wildman–Crippen MR) is 79.3 cm³/mol. The quantitative estimate of drug-likeness (QED) is 0.653. The minimum Gasteiger partial charge on any atom is -0.481 e. The molecule has 0 aliphatic heterocycles. The predicted octanol–water partition coefficient (Wildman–Crippen LogP) is 2.52. The third-order valence-corrected chi connectivity index (χ3v) is 3.85. The lowest BCUT2D eigenvalue weighted by Gasteiger charge is -2.28. The van der Waals surface area contributed by atoms with Crippen LogP contribution in [0.3, 0.4) is 0 Å². The number of hydrogen-bond donors (Lipinski definition) is 2. The molecule has 3 nitrogen and oxygen atoms in total. The van der Waals surface area contributed by atoms with Crippen molar-refractivity contribution in [3.05, 3.63) is 35.9 Å². The number of hydrogen-bond acceptors (Lipinski definition) is 2. The lowest BCUT2D eigenvalue weighted by molar-refractivity contribution is -0.144. The van der Waals surface area contributed by atoms with Crippen molar-refractivity contribution in [1.82, 2.24) is 5.32 Å². The first kappa shape index (κ1) is 14.6. The minimum atomic E-state index is -0.646. The summed E-state index contributed by atoms with van der Waals surface area (Å²) in [6.07, 6.45) is 4.01. The number of nitrogens with one attached hydrogen (secondary N) is 1. The Bertz CT molecular complexity index is 487. The summed E-state index contributed by atoms with van der Waals surface area (Å²) in [4.78, 5) is 11.2. The van der Waals surface area contributed by atoms with E-state index in [4.69, 9.17) is 0 Å². The second kappa shape index (κ2) is 7.72. The molecule has 1 aromatic rings. The van der Waals surface area contributed by atoms with E-state index in [9.17, 15) is 9.90 Å². The summed E-state index contributed by atoms with van der Waals surface area (Å²) in [7, 11) is 0. The lowest BCUT2D eigenvalue weighted by atomic mass is 9.79. The van der Waals surface area contributed by atoms with E-state index in [1.807, 2.05) is 30.3 Å². The minimum absolute atomic E-state index is 0.182. The Morgan fingerprint density at radius 2 is 2.00 bits per heavy atom. The number of carboxylic acid groups (broad SMARTS) is 1. The van der Waals surface area contributed by atoms with Crippen molar-refractivity contribution in [2.45, 2.75) is 25.7 Å². The summed E-state index contributed by atoms with van der Waals surface area (Å²) in [6, 6.07) is 9.87. The van der Waals surface area contributed by atoms with Crippen molar-refractivity contribution < 1.29 is 9.90 Å². The van der Waals surface area contributed by atoms with Gasteiger partial charge in [-0.2, -0.15) is 0 Å². The molecule has 0 aromatic heterocycles. The molecule has 0 radical (unpaired) electrons. The maximum atomic E-state index is 11.2. The molecule has 1 fully saturated rings. The SMILES string of the molecule is O=C(O)C1CCCCC1CNCC#Cc1ccccc1. The summed E-state index contributed by atoms with van der Waals surface area (Å²) in [5, 5.41) is 12.5. The van der Waals surface area contributed by atoms with Crippen LogP contribution in [-0.2, 0) is 4.79 Å². The summed E-state index contributed by atoms with van der Waals surface area (Å²) in [5.41, 5.74) is 1.01. The lowest BCUT2D eigenvalue weighted by Crippen LogP contribution is -2.34. The molecule has 1 aliphatic rings. The molecular weight excluding hydrogens is 250 g/mol. The van der Waals surface area contributed by atoms with Crippen LogP contribution >= 0.6 is 0 Å². The van der Waals surface area contributed by atoms with E-state index < -0.39 is 5.97 Å². The Labute approximate surface area is 120 Å². The van der Waals surface area contributed by atoms with Gasteiger partial charge < -0.3 is 10.4 Å². The first-order valence-corrected chi connectivity index (χ1v) is 7.25. The van der Waals surface area contributed by atoms with Crippen molar-refractivity contribution in [1.29, 1.82) is 0 Å². The zero-order valence-electron chi connectivity index (χ0n) is 11.6. The maximum absolute atomic E-state index is 11.2. The Morgan fingerprint density at radius 1 is 1.25 bits per heavy atom. The van der Waals surface area contributed by atoms with Crippen LogP contribution in [0.4, 0.5) is 0 Å². The van der Waals surface area contributed by atoms with E-state index >= 15 is 0 Å². The molecule has 3 heteroatoms. The molecule has 0 bridgehead atoms. The van der Waals surface area contributed by atoms with Crippen molar-refractivity contribution >= 4 is 5.97 Å². The first-order chi connectivity index (χ1) is 9.77. The second-order valence-corrected chi connectivity index (χ2v) is 5.29. The first-order valence-electron chi connectivity index (χ1n) is 7.25. The Morgan fingerprint density at radius 3 is 2.75 bits per heavy atom. The molecular formula is C17H21NO2. The molecule has 1 saturated carbocycles. The smallest absolute Gasteiger partial charge is 0.306 e. The van der Waals surface area contributed by atoms with Gasteiger partial charge in [-0.05, 0) is 37.4 Å². The average Bonchev–Trinajstić information content (AvgIpc) is 2.48. The van der Waals surface area contributed by atoms with Crippen molar-refractivity contribution in [2.75, 3.05) is 13.1 Å². The Hall–Kier alpha value is -1.79. The van der Waals surface area contributed by atoms with Gasteiger partial charge in [0.15, 0.2) is 0 Å². The van der Waals surface area contributed by atoms with E-state index in [1.165, 1.54) is 0 Å². The molecule has 1 aliphatic carbocycles. The number of carboxylic acids is 1. The van der Waals surface area contributed by atoms with Gasteiger partial charge in [-0.3, -0.25) is 4.79 Å². The fourth-order valence-corrected chi connectivity index (χ4v) is 2.76. The van der Waals surface area contributed by atoms with Gasteiger partial charge in [0.25, 0.3) is 0 Å². The number of carbonyl (C=O) groups is 1. The summed E-state index contributed by atoms with van der Waals surface area (Å²) >= 11 is 0. The van der Waals surface area contributed by atoms with Crippen LogP contribution in [0.15, 0.2) is 30.3 Å². The standard InChI is InChI=1S/C17H21NO2/c19-17(20)16-11-5-4-10-15(16)13-18-12-6-9-14-7-2-1-3-8-14/h1-3,7-8,15-16,18H,4-5,10-13H2,(H,19,20). The normalized spacial score (nSPS) is 21.8. The highest BCUT2D eigenvalue weighted by atomic mass is 16.4. The van der Waals surface area contributed by atoms with Crippen LogP contribution in [0.25, 0.3) is 0 Å². The van der Waals surface area contributed by atoms with E-state index in [-0.39, 0.29) is 11.8 Å². The van der Waals surface area contributed by atoms with Gasteiger partial charge in [0.1, 0.15) is 0 Å². The monoisotopic (exact) mass is 271 g/mol. The molecule has 0 saturated heterocycles. The largest absolute Gasteiger partial charge is 0.481 e. The molecule has 0 heterocycles. The molecule has 2 atom stereocenters. The highest BCUT2D eigenvalue weighted by Gasteiger charge is 2.29. The van der Waals surface area contributed by atoms with Crippen LogP contribution in [0.1, 0.15) is 31.2 Å². The summed E-state index contributed by atoms with van der Waals surface area (Å²) in [5.74, 6) is 5.59. The Balaban J connectivity index is 1.75. The van der Waals surface area contributed by atoms with E-state index in [2.05, 4.69) is 17.2 Å². The van der Waals surface area contributed by atoms with Crippen LogP contribution in [-0.4, -0.2) is 24.2 Å². The van der Waals surface area contributed by atoms with Gasteiger partial charge in [-0.25, -0.2) is 0 Å². The topological polar surface area (TPSA) is 49.3 Å². The van der Waals surface area contributed by atoms with Gasteiger partial charge in [0, 0.05) is 5.56 Å². The molecule has 1 aromatic carbocycles. The molecule has 20 heavy (non-hydrogen) atoms. The zero-order valence-corrected chi connectivity index (χ0v) is 11.6. The molecule has 2 rings (SSSR count). The van der Waals surface area contributed by atoms with Crippen LogP contribution < -0.4 is 5.32 Å². The van der Waals surface area contributed by atoms with Crippen LogP contribution in [0.5, 0.6) is 0 Å². The fourth-order valence-electron chi connectivity index (χ4n) is 2.76. The third kappa shape index (κ3) is 4.40. The van der Waals surface area contributed by atoms with E-state index in [0.717, 1.165) is 37.8 Å². The highest BCUT2D eigenvalue weighted by Crippen LogP contribution is 2.29. The number of benzene rings is 1. The molecule has 2 unspecified atom stereocenters. The van der Waals surface area contributed by atoms with Gasteiger partial charge in [-0.15, -0.1) is 0 Å². The zero-order chi connectivity index (χ0) is 14.2.